The number of alkyl halides is 2. The average Bonchev–Trinajstić information content (AvgIpc) is 1.36. The van der Waals surface area contributed by atoms with Crippen LogP contribution in [0.25, 0.3) is 0 Å². The Labute approximate surface area is 48.4 Å². The summed E-state index contributed by atoms with van der Waals surface area (Å²) in [6, 6.07) is 0. The Hall–Kier alpha value is 0.580. The Morgan fingerprint density at radius 2 is 1.17 bits per heavy atom. The summed E-state index contributed by atoms with van der Waals surface area (Å²) in [7, 11) is 0. The molecule has 0 saturated heterocycles. The van der Waals surface area contributed by atoms with E-state index in [0.717, 1.165) is 0 Å². The lowest BCUT2D eigenvalue weighted by Crippen LogP contribution is -2.03. The van der Waals surface area contributed by atoms with Gasteiger partial charge in [0, 0.05) is 10.8 Å². The molecule has 0 N–H and O–H groups in total. The zero-order valence-corrected chi connectivity index (χ0v) is 5.42. The van der Waals surface area contributed by atoms with Crippen molar-refractivity contribution >= 4 is 23.2 Å². The Bertz CT molecular complexity index is 26.5. The van der Waals surface area contributed by atoms with E-state index in [9.17, 15) is 0 Å². The maximum atomic E-state index is 5.48. The molecule has 0 aromatic rings. The van der Waals surface area contributed by atoms with Crippen LogP contribution in [0.3, 0.4) is 0 Å². The Morgan fingerprint density at radius 3 is 1.17 bits per heavy atom. The molecule has 0 aliphatic heterocycles. The lowest BCUT2D eigenvalue weighted by Gasteiger charge is -2.00. The molecular weight excluding hydrogens is 119 g/mol. The van der Waals surface area contributed by atoms with Crippen molar-refractivity contribution in [2.45, 2.75) is 24.6 Å². The fourth-order valence-electron chi connectivity index (χ4n) is 0. The third-order valence-corrected chi connectivity index (χ3v) is 1.52. The highest BCUT2D eigenvalue weighted by molar-refractivity contribution is 6.29. The highest BCUT2D eigenvalue weighted by Crippen LogP contribution is 2.06. The van der Waals surface area contributed by atoms with E-state index >= 15 is 0 Å². The molecule has 6 heavy (non-hydrogen) atoms. The summed E-state index contributed by atoms with van der Waals surface area (Å²) in [5.74, 6) is 0. The molecular formula is C4H8Cl2. The van der Waals surface area contributed by atoms with Gasteiger partial charge in [0.1, 0.15) is 0 Å². The van der Waals surface area contributed by atoms with Crippen LogP contribution in [-0.4, -0.2) is 10.8 Å². The molecule has 0 aromatic heterocycles. The largest absolute Gasteiger partial charge is 0.122 e. The molecule has 0 amide bonds. The van der Waals surface area contributed by atoms with Crippen LogP contribution in [0.1, 0.15) is 13.8 Å². The lowest BCUT2D eigenvalue weighted by molar-refractivity contribution is 0.905. The van der Waals surface area contributed by atoms with Gasteiger partial charge in [-0.05, 0) is 13.8 Å². The molecule has 0 nitrogen and oxygen atoms in total. The van der Waals surface area contributed by atoms with Crippen LogP contribution in [0.5, 0.6) is 0 Å². The fourth-order valence-corrected chi connectivity index (χ4v) is 0. The molecule has 0 spiro atoms. The maximum Gasteiger partial charge on any atom is 0.0468 e. The van der Waals surface area contributed by atoms with Gasteiger partial charge in [0.15, 0.2) is 0 Å². The van der Waals surface area contributed by atoms with Crippen molar-refractivity contribution in [3.8, 4) is 0 Å². The molecule has 2 atom stereocenters. The first-order valence-electron chi connectivity index (χ1n) is 1.92. The van der Waals surface area contributed by atoms with Crippen molar-refractivity contribution in [3.05, 3.63) is 0 Å². The highest BCUT2D eigenvalue weighted by atomic mass is 35.5. The van der Waals surface area contributed by atoms with Crippen LogP contribution in [0, 0.1) is 0 Å². The van der Waals surface area contributed by atoms with Gasteiger partial charge in [-0.15, -0.1) is 23.2 Å². The first kappa shape index (κ1) is 6.58. The van der Waals surface area contributed by atoms with Crippen molar-refractivity contribution in [1.82, 2.24) is 0 Å². The third kappa shape index (κ3) is 2.80. The van der Waals surface area contributed by atoms with Gasteiger partial charge < -0.3 is 0 Å². The van der Waals surface area contributed by atoms with E-state index in [1.807, 2.05) is 13.8 Å². The molecule has 0 heterocycles. The van der Waals surface area contributed by atoms with Gasteiger partial charge in [0.2, 0.25) is 0 Å². The van der Waals surface area contributed by atoms with Crippen LogP contribution < -0.4 is 0 Å². The molecule has 0 aliphatic carbocycles. The van der Waals surface area contributed by atoms with E-state index in [0.29, 0.717) is 0 Å². The summed E-state index contributed by atoms with van der Waals surface area (Å²) < 4.78 is 0. The molecule has 38 valence electrons. The monoisotopic (exact) mass is 126 g/mol. The molecule has 0 saturated carbocycles. The first-order valence-corrected chi connectivity index (χ1v) is 2.80. The van der Waals surface area contributed by atoms with E-state index in [1.165, 1.54) is 0 Å². The summed E-state index contributed by atoms with van der Waals surface area (Å²) in [6.45, 7) is 3.75. The highest BCUT2D eigenvalue weighted by Gasteiger charge is 2.01. The van der Waals surface area contributed by atoms with Crippen LogP contribution in [-0.2, 0) is 0 Å². The maximum absolute atomic E-state index is 5.48. The summed E-state index contributed by atoms with van der Waals surface area (Å²) in [4.78, 5) is 0. The second kappa shape index (κ2) is 2.70. The fraction of sp³-hybridized carbons (Fsp3) is 1.00. The summed E-state index contributed by atoms with van der Waals surface area (Å²) in [5.41, 5.74) is 0. The van der Waals surface area contributed by atoms with Gasteiger partial charge in [0.05, 0.1) is 0 Å². The van der Waals surface area contributed by atoms with Crippen molar-refractivity contribution < 1.29 is 0 Å². The van der Waals surface area contributed by atoms with Gasteiger partial charge in [-0.3, -0.25) is 0 Å². The van der Waals surface area contributed by atoms with Crippen LogP contribution >= 0.6 is 23.2 Å². The molecule has 0 rings (SSSR count). The van der Waals surface area contributed by atoms with Gasteiger partial charge in [0.25, 0.3) is 0 Å². The third-order valence-electron chi connectivity index (χ3n) is 0.633. The summed E-state index contributed by atoms with van der Waals surface area (Å²) in [5, 5.41) is 0.179. The number of hydrogen-bond donors (Lipinski definition) is 0. The predicted molar refractivity (Wildman–Crippen MR) is 30.6 cm³/mol. The van der Waals surface area contributed by atoms with Crippen molar-refractivity contribution in [3.63, 3.8) is 0 Å². The van der Waals surface area contributed by atoms with E-state index in [2.05, 4.69) is 0 Å². The average molecular weight is 127 g/mol. The van der Waals surface area contributed by atoms with Crippen molar-refractivity contribution in [2.24, 2.45) is 0 Å². The first-order chi connectivity index (χ1) is 2.64. The topological polar surface area (TPSA) is 0 Å². The molecule has 0 unspecified atom stereocenters. The van der Waals surface area contributed by atoms with Crippen molar-refractivity contribution in [1.29, 1.82) is 0 Å². The van der Waals surface area contributed by atoms with Crippen molar-refractivity contribution in [2.75, 3.05) is 0 Å². The minimum Gasteiger partial charge on any atom is -0.122 e. The Morgan fingerprint density at radius 1 is 1.00 bits per heavy atom. The molecule has 2 heteroatoms. The zero-order chi connectivity index (χ0) is 5.15. The second-order valence-corrected chi connectivity index (χ2v) is 2.73. The summed E-state index contributed by atoms with van der Waals surface area (Å²) >= 11 is 11.0. The van der Waals surface area contributed by atoms with Crippen LogP contribution in [0.15, 0.2) is 0 Å². The van der Waals surface area contributed by atoms with Gasteiger partial charge in [-0.2, -0.15) is 0 Å². The lowest BCUT2D eigenvalue weighted by atomic mass is 10.4. The van der Waals surface area contributed by atoms with E-state index in [1.54, 1.807) is 0 Å². The second-order valence-electron chi connectivity index (χ2n) is 1.36. The quantitative estimate of drug-likeness (QED) is 0.474. The minimum absolute atomic E-state index is 0.0895. The Balaban J connectivity index is 2.99. The van der Waals surface area contributed by atoms with Crippen LogP contribution in [0.2, 0.25) is 0 Å². The van der Waals surface area contributed by atoms with Gasteiger partial charge in [-0.1, -0.05) is 0 Å². The number of hydrogen-bond acceptors (Lipinski definition) is 0. The zero-order valence-electron chi connectivity index (χ0n) is 3.91. The molecule has 0 aliphatic rings. The predicted octanol–water partition coefficient (Wildman–Crippen LogP) is 2.24. The van der Waals surface area contributed by atoms with Gasteiger partial charge >= 0.3 is 0 Å². The number of halogens is 2. The minimum atomic E-state index is 0.0895. The number of rotatable bonds is 1. The molecule has 0 radical (unpaired) electrons. The molecule has 0 bridgehead atoms. The van der Waals surface area contributed by atoms with Crippen LogP contribution in [0.4, 0.5) is 0 Å². The van der Waals surface area contributed by atoms with E-state index < -0.39 is 0 Å². The van der Waals surface area contributed by atoms with E-state index in [4.69, 9.17) is 23.2 Å². The molecule has 0 aromatic carbocycles. The summed E-state index contributed by atoms with van der Waals surface area (Å²) in [6.07, 6.45) is 0. The SMILES string of the molecule is C[C@H](Cl)[C@@H](C)Cl. The molecule has 0 fully saturated rings. The standard InChI is InChI=1S/C4H8Cl2/c1-3(5)4(2)6/h3-4H,1-2H3/t3-,4+. The smallest absolute Gasteiger partial charge is 0.0468 e. The normalized spacial score (nSPS) is 20.0. The van der Waals surface area contributed by atoms with E-state index in [-0.39, 0.29) is 10.8 Å². The van der Waals surface area contributed by atoms with Gasteiger partial charge in [-0.25, -0.2) is 0 Å². The Kier molecular flexibility index (Phi) is 2.96.